The van der Waals surface area contributed by atoms with Crippen LogP contribution in [0.4, 0.5) is 0 Å². The summed E-state index contributed by atoms with van der Waals surface area (Å²) in [4.78, 5) is 0. The van der Waals surface area contributed by atoms with Crippen molar-refractivity contribution in [3.8, 4) is 0 Å². The van der Waals surface area contributed by atoms with Crippen molar-refractivity contribution in [2.75, 3.05) is 13.9 Å². The van der Waals surface area contributed by atoms with Gasteiger partial charge in [0.05, 0.1) is 12.2 Å². The Kier molecular flexibility index (Phi) is 7.84. The minimum atomic E-state index is -0.536. The summed E-state index contributed by atoms with van der Waals surface area (Å²) < 4.78 is 10.3. The molecule has 150 valence electrons. The van der Waals surface area contributed by atoms with E-state index >= 15 is 0 Å². The highest BCUT2D eigenvalue weighted by molar-refractivity contribution is 5.51. The monoisotopic (exact) mass is 380 g/mol. The predicted molar refractivity (Wildman–Crippen MR) is 114 cm³/mol. The molecule has 0 saturated heterocycles. The highest BCUT2D eigenvalue weighted by atomic mass is 16.7. The van der Waals surface area contributed by atoms with Crippen LogP contribution in [0.3, 0.4) is 0 Å². The topological polar surface area (TPSA) is 38.7 Å². The molecule has 0 heterocycles. The Hall–Kier alpha value is -1.94. The van der Waals surface area contributed by atoms with Gasteiger partial charge in [0.25, 0.3) is 0 Å². The lowest BCUT2D eigenvalue weighted by Gasteiger charge is -2.34. The molecule has 0 unspecified atom stereocenters. The van der Waals surface area contributed by atoms with Gasteiger partial charge in [-0.3, -0.25) is 0 Å². The van der Waals surface area contributed by atoms with Gasteiger partial charge in [-0.15, -0.1) is 0 Å². The van der Waals surface area contributed by atoms with Gasteiger partial charge in [0, 0.05) is 13.0 Å². The summed E-state index contributed by atoms with van der Waals surface area (Å²) in [5.41, 5.74) is 3.02. The normalized spacial score (nSPS) is 17.6. The van der Waals surface area contributed by atoms with Gasteiger partial charge in [0.1, 0.15) is 6.79 Å². The van der Waals surface area contributed by atoms with Gasteiger partial charge in [-0.25, -0.2) is 0 Å². The van der Waals surface area contributed by atoms with E-state index in [4.69, 9.17) is 9.47 Å². The third-order valence-corrected chi connectivity index (χ3v) is 5.58. The van der Waals surface area contributed by atoms with Crippen molar-refractivity contribution in [3.05, 3.63) is 77.4 Å². The molecule has 1 aliphatic carbocycles. The molecule has 0 aromatic heterocycles. The second kappa shape index (κ2) is 10.6. The highest BCUT2D eigenvalue weighted by Crippen LogP contribution is 2.37. The van der Waals surface area contributed by atoms with E-state index in [0.29, 0.717) is 13.4 Å². The molecule has 3 nitrogen and oxygen atoms in total. The van der Waals surface area contributed by atoms with Gasteiger partial charge in [-0.1, -0.05) is 86.0 Å². The number of methoxy groups -OCH3 is 1. The zero-order valence-corrected chi connectivity index (χ0v) is 16.8. The molecule has 1 aliphatic rings. The summed E-state index contributed by atoms with van der Waals surface area (Å²) in [6, 6.07) is 18.9. The summed E-state index contributed by atoms with van der Waals surface area (Å²) >= 11 is 0. The minimum absolute atomic E-state index is 0.217. The maximum Gasteiger partial charge on any atom is 0.146 e. The van der Waals surface area contributed by atoms with Crippen molar-refractivity contribution >= 4 is 6.08 Å². The molecule has 28 heavy (non-hydrogen) atoms. The van der Waals surface area contributed by atoms with E-state index in [2.05, 4.69) is 60.7 Å². The largest absolute Gasteiger partial charge is 0.390 e. The number of benzene rings is 2. The molecule has 0 spiro atoms. The van der Waals surface area contributed by atoms with Crippen LogP contribution in [0.5, 0.6) is 0 Å². The van der Waals surface area contributed by atoms with Crippen LogP contribution >= 0.6 is 0 Å². The molecule has 0 radical (unpaired) electrons. The van der Waals surface area contributed by atoms with E-state index in [1.807, 2.05) is 6.07 Å². The average Bonchev–Trinajstić information content (AvgIpc) is 2.73. The zero-order valence-electron chi connectivity index (χ0n) is 16.8. The number of aliphatic hydroxyl groups is 1. The third-order valence-electron chi connectivity index (χ3n) is 5.58. The van der Waals surface area contributed by atoms with Crippen molar-refractivity contribution in [1.29, 1.82) is 0 Å². The van der Waals surface area contributed by atoms with Crippen LogP contribution in [0.1, 0.15) is 61.1 Å². The SMILES string of the molecule is COCOCc1ccc(/C=C/[C@H](CC2(O)CCCCC2)c2ccccc2)cc1. The third kappa shape index (κ3) is 6.30. The van der Waals surface area contributed by atoms with Crippen molar-refractivity contribution < 1.29 is 14.6 Å². The number of rotatable bonds is 9. The van der Waals surface area contributed by atoms with Crippen LogP contribution in [0, 0.1) is 0 Å². The Labute approximate surface area is 169 Å². The van der Waals surface area contributed by atoms with E-state index in [1.54, 1.807) is 7.11 Å². The van der Waals surface area contributed by atoms with Gasteiger partial charge in [-0.2, -0.15) is 0 Å². The quantitative estimate of drug-likeness (QED) is 0.449. The molecular weight excluding hydrogens is 348 g/mol. The Morgan fingerprint density at radius 2 is 1.71 bits per heavy atom. The predicted octanol–water partition coefficient (Wildman–Crippen LogP) is 5.69. The Morgan fingerprint density at radius 3 is 2.39 bits per heavy atom. The molecule has 1 N–H and O–H groups in total. The summed E-state index contributed by atoms with van der Waals surface area (Å²) in [6.07, 6.45) is 10.6. The van der Waals surface area contributed by atoms with Crippen LogP contribution in [-0.4, -0.2) is 24.6 Å². The van der Waals surface area contributed by atoms with E-state index in [-0.39, 0.29) is 5.92 Å². The molecule has 0 bridgehead atoms. The van der Waals surface area contributed by atoms with E-state index in [1.165, 1.54) is 12.0 Å². The van der Waals surface area contributed by atoms with E-state index < -0.39 is 5.60 Å². The lowest BCUT2D eigenvalue weighted by molar-refractivity contribution is -0.0390. The first-order valence-corrected chi connectivity index (χ1v) is 10.3. The zero-order chi connectivity index (χ0) is 19.7. The molecule has 2 aromatic rings. The van der Waals surface area contributed by atoms with Crippen LogP contribution in [0.25, 0.3) is 6.08 Å². The molecular formula is C25H32O3. The number of ether oxygens (including phenoxy) is 2. The first kappa shape index (κ1) is 20.8. The molecule has 2 aromatic carbocycles. The fourth-order valence-electron chi connectivity index (χ4n) is 4.02. The standard InChI is InChI=1S/C25H32O3/c1-27-20-28-19-22-12-10-21(11-13-22)14-15-24(23-8-4-2-5-9-23)18-25(26)16-6-3-7-17-25/h2,4-5,8-15,24,26H,3,6-7,16-20H2,1H3/b15-14+/t24-/m1/s1. The highest BCUT2D eigenvalue weighted by Gasteiger charge is 2.31. The number of hydrogen-bond acceptors (Lipinski definition) is 3. The summed E-state index contributed by atoms with van der Waals surface area (Å²) in [5, 5.41) is 11.1. The van der Waals surface area contributed by atoms with Crippen molar-refractivity contribution in [2.45, 2.75) is 56.7 Å². The number of hydrogen-bond donors (Lipinski definition) is 1. The van der Waals surface area contributed by atoms with Crippen LogP contribution in [0.15, 0.2) is 60.7 Å². The Balaban J connectivity index is 1.70. The van der Waals surface area contributed by atoms with Crippen LogP contribution in [0.2, 0.25) is 0 Å². The maximum atomic E-state index is 11.1. The Bertz CT molecular complexity index is 715. The second-order valence-electron chi connectivity index (χ2n) is 7.86. The molecule has 0 amide bonds. The Morgan fingerprint density at radius 1 is 1.00 bits per heavy atom. The molecule has 3 rings (SSSR count). The summed E-state index contributed by atoms with van der Waals surface area (Å²) in [7, 11) is 1.63. The van der Waals surface area contributed by atoms with Crippen LogP contribution in [-0.2, 0) is 16.1 Å². The van der Waals surface area contributed by atoms with E-state index in [0.717, 1.165) is 43.2 Å². The molecule has 1 fully saturated rings. The second-order valence-corrected chi connectivity index (χ2v) is 7.86. The molecule has 3 heteroatoms. The maximum absolute atomic E-state index is 11.1. The van der Waals surface area contributed by atoms with Crippen LogP contribution < -0.4 is 0 Å². The minimum Gasteiger partial charge on any atom is -0.390 e. The fraction of sp³-hybridized carbons (Fsp3) is 0.440. The van der Waals surface area contributed by atoms with Gasteiger partial charge >= 0.3 is 0 Å². The molecule has 0 aliphatic heterocycles. The van der Waals surface area contributed by atoms with Gasteiger partial charge in [-0.05, 0) is 36.0 Å². The molecule has 1 saturated carbocycles. The molecule has 1 atom stereocenters. The van der Waals surface area contributed by atoms with E-state index in [9.17, 15) is 5.11 Å². The van der Waals surface area contributed by atoms with Gasteiger partial charge in [0.2, 0.25) is 0 Å². The lowest BCUT2D eigenvalue weighted by Crippen LogP contribution is -2.33. The lowest BCUT2D eigenvalue weighted by atomic mass is 9.77. The smallest absolute Gasteiger partial charge is 0.146 e. The summed E-state index contributed by atoms with van der Waals surface area (Å²) in [6.45, 7) is 0.862. The van der Waals surface area contributed by atoms with Crippen molar-refractivity contribution in [1.82, 2.24) is 0 Å². The first-order valence-electron chi connectivity index (χ1n) is 10.3. The fourth-order valence-corrected chi connectivity index (χ4v) is 4.02. The number of allylic oxidation sites excluding steroid dienone is 1. The summed E-state index contributed by atoms with van der Waals surface area (Å²) in [5.74, 6) is 0.217. The van der Waals surface area contributed by atoms with Crippen molar-refractivity contribution in [3.63, 3.8) is 0 Å². The van der Waals surface area contributed by atoms with Gasteiger partial charge in [0.15, 0.2) is 0 Å². The van der Waals surface area contributed by atoms with Crippen molar-refractivity contribution in [2.24, 2.45) is 0 Å². The van der Waals surface area contributed by atoms with Gasteiger partial charge < -0.3 is 14.6 Å². The first-order chi connectivity index (χ1) is 13.7. The average molecular weight is 381 g/mol.